The van der Waals surface area contributed by atoms with Crippen LogP contribution in [0, 0.1) is 0 Å². The van der Waals surface area contributed by atoms with Crippen LogP contribution in [0.3, 0.4) is 0 Å². The fourth-order valence-corrected chi connectivity index (χ4v) is 2.78. The lowest BCUT2D eigenvalue weighted by molar-refractivity contribution is 0.180. The summed E-state index contributed by atoms with van der Waals surface area (Å²) in [6.07, 6.45) is 1.51. The number of carbonyl (C=O) groups excluding carboxylic acids is 1. The zero-order valence-corrected chi connectivity index (χ0v) is 10.5. The number of urea groups is 1. The van der Waals surface area contributed by atoms with Crippen molar-refractivity contribution in [1.82, 2.24) is 14.5 Å². The molecule has 1 aliphatic rings. The van der Waals surface area contributed by atoms with Gasteiger partial charge in [-0.2, -0.15) is 0 Å². The SMILES string of the molecule is NC(=O)N1CCC(n2c(=O)[nH]c3ccccc32)CC1. The molecule has 6 heteroatoms. The summed E-state index contributed by atoms with van der Waals surface area (Å²) in [5.41, 5.74) is 6.95. The predicted molar refractivity (Wildman–Crippen MR) is 72.0 cm³/mol. The van der Waals surface area contributed by atoms with Crippen LogP contribution >= 0.6 is 0 Å². The van der Waals surface area contributed by atoms with Gasteiger partial charge in [-0.3, -0.25) is 4.57 Å². The zero-order valence-electron chi connectivity index (χ0n) is 10.5. The van der Waals surface area contributed by atoms with Gasteiger partial charge in [0, 0.05) is 19.1 Å². The summed E-state index contributed by atoms with van der Waals surface area (Å²) in [6, 6.07) is 7.39. The van der Waals surface area contributed by atoms with Crippen LogP contribution in [0.2, 0.25) is 0 Å². The number of nitrogens with one attached hydrogen (secondary N) is 1. The van der Waals surface area contributed by atoms with Gasteiger partial charge >= 0.3 is 11.7 Å². The van der Waals surface area contributed by atoms with Crippen molar-refractivity contribution in [3.8, 4) is 0 Å². The molecule has 19 heavy (non-hydrogen) atoms. The van der Waals surface area contributed by atoms with Crippen molar-refractivity contribution < 1.29 is 4.79 Å². The van der Waals surface area contributed by atoms with Crippen LogP contribution in [0.5, 0.6) is 0 Å². The van der Waals surface area contributed by atoms with Crippen LogP contribution in [0.1, 0.15) is 18.9 Å². The van der Waals surface area contributed by atoms with Gasteiger partial charge in [0.15, 0.2) is 0 Å². The Kier molecular flexibility index (Phi) is 2.77. The summed E-state index contributed by atoms with van der Waals surface area (Å²) >= 11 is 0. The average molecular weight is 260 g/mol. The molecule has 3 rings (SSSR count). The van der Waals surface area contributed by atoms with Crippen molar-refractivity contribution in [3.63, 3.8) is 0 Å². The van der Waals surface area contributed by atoms with Crippen molar-refractivity contribution >= 4 is 17.1 Å². The minimum absolute atomic E-state index is 0.0845. The van der Waals surface area contributed by atoms with Gasteiger partial charge in [-0.1, -0.05) is 12.1 Å². The smallest absolute Gasteiger partial charge is 0.326 e. The molecule has 0 atom stereocenters. The molecule has 2 heterocycles. The Labute approximate surface area is 109 Å². The molecular weight excluding hydrogens is 244 g/mol. The van der Waals surface area contributed by atoms with Crippen molar-refractivity contribution in [2.24, 2.45) is 5.73 Å². The van der Waals surface area contributed by atoms with Gasteiger partial charge in [0.05, 0.1) is 11.0 Å². The Morgan fingerprint density at radius 2 is 1.95 bits per heavy atom. The molecule has 0 bridgehead atoms. The summed E-state index contributed by atoms with van der Waals surface area (Å²) in [6.45, 7) is 1.21. The molecule has 1 saturated heterocycles. The first kappa shape index (κ1) is 11.8. The van der Waals surface area contributed by atoms with E-state index in [1.165, 1.54) is 0 Å². The third-order valence-electron chi connectivity index (χ3n) is 3.77. The van der Waals surface area contributed by atoms with Gasteiger partial charge in [0.1, 0.15) is 0 Å². The van der Waals surface area contributed by atoms with Crippen LogP contribution in [-0.4, -0.2) is 33.6 Å². The molecule has 6 nitrogen and oxygen atoms in total. The van der Waals surface area contributed by atoms with Crippen LogP contribution < -0.4 is 11.4 Å². The number of imidazole rings is 1. The standard InChI is InChI=1S/C13H16N4O2/c14-12(18)16-7-5-9(6-8-16)17-11-4-2-1-3-10(11)15-13(17)19/h1-4,9H,5-8H2,(H2,14,18)(H,15,19). The number of H-pyrrole nitrogens is 1. The number of benzene rings is 1. The number of likely N-dealkylation sites (tertiary alicyclic amines) is 1. The molecule has 3 N–H and O–H groups in total. The lowest BCUT2D eigenvalue weighted by Gasteiger charge is -2.31. The number of hydrogen-bond acceptors (Lipinski definition) is 2. The Bertz CT molecular complexity index is 665. The van der Waals surface area contributed by atoms with Gasteiger partial charge in [0.2, 0.25) is 0 Å². The second-order valence-corrected chi connectivity index (χ2v) is 4.87. The lowest BCUT2D eigenvalue weighted by atomic mass is 10.0. The molecule has 0 radical (unpaired) electrons. The second kappa shape index (κ2) is 4.46. The third kappa shape index (κ3) is 1.99. The molecule has 0 unspecified atom stereocenters. The van der Waals surface area contributed by atoms with E-state index in [4.69, 9.17) is 5.73 Å². The number of piperidine rings is 1. The van der Waals surface area contributed by atoms with E-state index in [0.29, 0.717) is 13.1 Å². The van der Waals surface area contributed by atoms with Crippen LogP contribution in [0.15, 0.2) is 29.1 Å². The maximum Gasteiger partial charge on any atom is 0.326 e. The minimum Gasteiger partial charge on any atom is -0.351 e. The summed E-state index contributed by atoms with van der Waals surface area (Å²) in [4.78, 5) is 27.6. The van der Waals surface area contributed by atoms with Gasteiger partial charge in [-0.05, 0) is 25.0 Å². The van der Waals surface area contributed by atoms with E-state index in [1.54, 1.807) is 9.47 Å². The van der Waals surface area contributed by atoms with Crippen molar-refractivity contribution in [3.05, 3.63) is 34.7 Å². The number of aromatic nitrogens is 2. The minimum atomic E-state index is -0.385. The van der Waals surface area contributed by atoms with Crippen LogP contribution in [0.25, 0.3) is 11.0 Å². The summed E-state index contributed by atoms with van der Waals surface area (Å²) < 4.78 is 1.80. The first-order valence-electron chi connectivity index (χ1n) is 6.40. The van der Waals surface area contributed by atoms with Gasteiger partial charge in [-0.25, -0.2) is 9.59 Å². The van der Waals surface area contributed by atoms with Crippen molar-refractivity contribution in [2.45, 2.75) is 18.9 Å². The summed E-state index contributed by atoms with van der Waals surface area (Å²) in [5.74, 6) is 0. The highest BCUT2D eigenvalue weighted by atomic mass is 16.2. The Morgan fingerprint density at radius 3 is 2.63 bits per heavy atom. The van der Waals surface area contributed by atoms with E-state index >= 15 is 0 Å². The average Bonchev–Trinajstić information content (AvgIpc) is 2.74. The molecule has 0 spiro atoms. The number of aromatic amines is 1. The second-order valence-electron chi connectivity index (χ2n) is 4.87. The highest BCUT2D eigenvalue weighted by Gasteiger charge is 2.24. The number of hydrogen-bond donors (Lipinski definition) is 2. The van der Waals surface area contributed by atoms with Gasteiger partial charge in [-0.15, -0.1) is 0 Å². The number of primary amides is 1. The van der Waals surface area contributed by atoms with Crippen LogP contribution in [0.4, 0.5) is 4.79 Å². The number of carbonyl (C=O) groups is 1. The Hall–Kier alpha value is -2.24. The van der Waals surface area contributed by atoms with Crippen LogP contribution in [-0.2, 0) is 0 Å². The fourth-order valence-electron chi connectivity index (χ4n) is 2.78. The first-order valence-corrected chi connectivity index (χ1v) is 6.40. The number of nitrogens with zero attached hydrogens (tertiary/aromatic N) is 2. The first-order chi connectivity index (χ1) is 9.16. The van der Waals surface area contributed by atoms with Crippen molar-refractivity contribution in [2.75, 3.05) is 13.1 Å². The molecule has 0 aliphatic carbocycles. The van der Waals surface area contributed by atoms with Gasteiger partial charge in [0.25, 0.3) is 0 Å². The zero-order chi connectivity index (χ0) is 13.4. The normalized spacial score (nSPS) is 16.9. The largest absolute Gasteiger partial charge is 0.351 e. The summed E-state index contributed by atoms with van der Waals surface area (Å²) in [5, 5.41) is 0. The number of amides is 2. The summed E-state index contributed by atoms with van der Waals surface area (Å²) in [7, 11) is 0. The molecule has 0 saturated carbocycles. The number of nitrogens with two attached hydrogens (primary N) is 1. The molecule has 2 amide bonds. The monoisotopic (exact) mass is 260 g/mol. The highest BCUT2D eigenvalue weighted by Crippen LogP contribution is 2.24. The number of para-hydroxylation sites is 2. The maximum atomic E-state index is 12.1. The quantitative estimate of drug-likeness (QED) is 0.803. The number of rotatable bonds is 1. The van der Waals surface area contributed by atoms with E-state index < -0.39 is 0 Å². The molecule has 1 aliphatic heterocycles. The lowest BCUT2D eigenvalue weighted by Crippen LogP contribution is -2.43. The fraction of sp³-hybridized carbons (Fsp3) is 0.385. The Morgan fingerprint density at radius 1 is 1.26 bits per heavy atom. The third-order valence-corrected chi connectivity index (χ3v) is 3.77. The molecular formula is C13H16N4O2. The maximum absolute atomic E-state index is 12.1. The highest BCUT2D eigenvalue weighted by molar-refractivity contribution is 5.75. The topological polar surface area (TPSA) is 84.1 Å². The van der Waals surface area contributed by atoms with E-state index in [-0.39, 0.29) is 17.8 Å². The molecule has 2 aromatic rings. The van der Waals surface area contributed by atoms with E-state index in [9.17, 15) is 9.59 Å². The van der Waals surface area contributed by atoms with Crippen molar-refractivity contribution in [1.29, 1.82) is 0 Å². The molecule has 1 fully saturated rings. The van der Waals surface area contributed by atoms with E-state index in [1.807, 2.05) is 24.3 Å². The number of fused-ring (bicyclic) bond motifs is 1. The molecule has 1 aromatic heterocycles. The van der Waals surface area contributed by atoms with E-state index in [2.05, 4.69) is 4.98 Å². The molecule has 100 valence electrons. The predicted octanol–water partition coefficient (Wildman–Crippen LogP) is 1.05. The van der Waals surface area contributed by atoms with E-state index in [0.717, 1.165) is 23.9 Å². The van der Waals surface area contributed by atoms with Gasteiger partial charge < -0.3 is 15.6 Å². The Balaban J connectivity index is 1.92. The molecule has 1 aromatic carbocycles.